The minimum absolute atomic E-state index is 0.0695. The topological polar surface area (TPSA) is 88.5 Å². The van der Waals surface area contributed by atoms with Crippen molar-refractivity contribution in [1.29, 1.82) is 0 Å². The van der Waals surface area contributed by atoms with E-state index in [9.17, 15) is 18.8 Å². The van der Waals surface area contributed by atoms with Crippen LogP contribution < -0.4 is 14.4 Å². The average Bonchev–Trinajstić information content (AvgIpc) is 3.47. The molecule has 0 aliphatic carbocycles. The molecule has 4 heterocycles. The molecule has 160 valence electrons. The summed E-state index contributed by atoms with van der Waals surface area (Å²) in [6, 6.07) is 8.47. The Morgan fingerprint density at radius 3 is 2.56 bits per heavy atom. The minimum atomic E-state index is -0.980. The number of rotatable bonds is 3. The summed E-state index contributed by atoms with van der Waals surface area (Å²) < 4.78 is 24.1. The van der Waals surface area contributed by atoms with Crippen LogP contribution in [0, 0.1) is 17.7 Å². The number of fused-ring (bicyclic) bond motifs is 4. The first kappa shape index (κ1) is 18.7. The summed E-state index contributed by atoms with van der Waals surface area (Å²) in [6.45, 7) is 0.0695. The zero-order chi connectivity index (χ0) is 22.0. The summed E-state index contributed by atoms with van der Waals surface area (Å²) >= 11 is 0. The summed E-state index contributed by atoms with van der Waals surface area (Å²) in [7, 11) is 0. The van der Waals surface area contributed by atoms with Crippen molar-refractivity contribution in [3.8, 4) is 11.5 Å². The number of ether oxygens (including phenoxy) is 2. The second-order valence-electron chi connectivity index (χ2n) is 7.94. The second kappa shape index (κ2) is 6.74. The van der Waals surface area contributed by atoms with E-state index in [1.807, 2.05) is 0 Å². The van der Waals surface area contributed by atoms with Crippen LogP contribution in [0.25, 0.3) is 0 Å². The number of carbonyl (C=O) groups excluding carboxylic acids is 3. The highest BCUT2D eigenvalue weighted by Crippen LogP contribution is 2.47. The Hall–Kier alpha value is -4.01. The van der Waals surface area contributed by atoms with E-state index in [0.29, 0.717) is 17.2 Å². The van der Waals surface area contributed by atoms with E-state index in [1.165, 1.54) is 35.5 Å². The molecule has 0 radical (unpaired) electrons. The van der Waals surface area contributed by atoms with Crippen LogP contribution in [-0.2, 0) is 9.59 Å². The quantitative estimate of drug-likeness (QED) is 0.545. The van der Waals surface area contributed by atoms with Crippen molar-refractivity contribution >= 4 is 29.5 Å². The van der Waals surface area contributed by atoms with E-state index in [4.69, 9.17) is 9.47 Å². The van der Waals surface area contributed by atoms with Crippen LogP contribution in [0.15, 0.2) is 59.7 Å². The number of halogens is 1. The molecular weight excluding hydrogens is 417 g/mol. The molecule has 2 aromatic rings. The Balaban J connectivity index is 1.41. The summed E-state index contributed by atoms with van der Waals surface area (Å²) in [5, 5.41) is 5.82. The zero-order valence-corrected chi connectivity index (χ0v) is 16.6. The smallest absolute Gasteiger partial charge is 0.240 e. The SMILES string of the molecule is O=C(c1ccc(F)cc1)C1C2C(=O)N(c3ccc4c(c3)OCO4)C(=O)C2C2C=CC=NN21. The number of benzene rings is 2. The summed E-state index contributed by atoms with van der Waals surface area (Å²) in [4.78, 5) is 41.6. The molecule has 9 heteroatoms. The van der Waals surface area contributed by atoms with E-state index >= 15 is 0 Å². The fourth-order valence-electron chi connectivity index (χ4n) is 4.90. The van der Waals surface area contributed by atoms with Crippen LogP contribution in [0.3, 0.4) is 0 Å². The van der Waals surface area contributed by atoms with E-state index in [1.54, 1.807) is 30.4 Å². The van der Waals surface area contributed by atoms with Gasteiger partial charge in [-0.2, -0.15) is 5.10 Å². The van der Waals surface area contributed by atoms with Gasteiger partial charge in [0.15, 0.2) is 17.3 Å². The second-order valence-corrected chi connectivity index (χ2v) is 7.94. The van der Waals surface area contributed by atoms with Crippen LogP contribution in [0.1, 0.15) is 10.4 Å². The predicted octanol–water partition coefficient (Wildman–Crippen LogP) is 2.15. The summed E-state index contributed by atoms with van der Waals surface area (Å²) in [5.41, 5.74) is 0.615. The third-order valence-electron chi connectivity index (χ3n) is 6.30. The molecular formula is C23H16FN3O5. The molecule has 32 heavy (non-hydrogen) atoms. The highest BCUT2D eigenvalue weighted by molar-refractivity contribution is 6.24. The van der Waals surface area contributed by atoms with Crippen LogP contribution in [0.2, 0.25) is 0 Å². The van der Waals surface area contributed by atoms with Gasteiger partial charge < -0.3 is 9.47 Å². The Morgan fingerprint density at radius 2 is 1.75 bits per heavy atom. The van der Waals surface area contributed by atoms with Gasteiger partial charge in [-0.1, -0.05) is 6.08 Å². The summed E-state index contributed by atoms with van der Waals surface area (Å²) in [6.07, 6.45) is 4.99. The Bertz CT molecular complexity index is 1220. The molecule has 8 nitrogen and oxygen atoms in total. The number of anilines is 1. The third-order valence-corrected chi connectivity index (χ3v) is 6.30. The van der Waals surface area contributed by atoms with E-state index in [2.05, 4.69) is 5.10 Å². The maximum absolute atomic E-state index is 13.6. The van der Waals surface area contributed by atoms with Crippen molar-refractivity contribution in [3.05, 3.63) is 66.0 Å². The number of amides is 2. The number of imide groups is 1. The Labute approximate surface area is 181 Å². The molecule has 0 bridgehead atoms. The van der Waals surface area contributed by atoms with Crippen molar-refractivity contribution in [1.82, 2.24) is 5.01 Å². The number of hydrogen-bond donors (Lipinski definition) is 0. The van der Waals surface area contributed by atoms with Crippen molar-refractivity contribution in [2.45, 2.75) is 12.1 Å². The van der Waals surface area contributed by atoms with Gasteiger partial charge in [0.1, 0.15) is 11.9 Å². The van der Waals surface area contributed by atoms with Gasteiger partial charge in [-0.15, -0.1) is 0 Å². The first-order valence-electron chi connectivity index (χ1n) is 10.1. The first-order valence-corrected chi connectivity index (χ1v) is 10.1. The third kappa shape index (κ3) is 2.54. The lowest BCUT2D eigenvalue weighted by molar-refractivity contribution is -0.123. The van der Waals surface area contributed by atoms with E-state index in [0.717, 1.165) is 4.90 Å². The molecule has 0 aromatic heterocycles. The molecule has 2 fully saturated rings. The normalized spacial score (nSPS) is 27.2. The largest absolute Gasteiger partial charge is 0.454 e. The molecule has 2 aromatic carbocycles. The van der Waals surface area contributed by atoms with Gasteiger partial charge in [0.05, 0.1) is 23.6 Å². The number of Topliss-reactive ketones (excluding diaryl/α,β-unsaturated/α-hetero) is 1. The van der Waals surface area contributed by atoms with Gasteiger partial charge in [0, 0.05) is 17.8 Å². The fraction of sp³-hybridized carbons (Fsp3) is 0.217. The maximum Gasteiger partial charge on any atom is 0.240 e. The fourth-order valence-corrected chi connectivity index (χ4v) is 4.90. The number of allylic oxidation sites excluding steroid dienone is 1. The standard InChI is InChI=1S/C23H16FN3O5/c24-13-5-3-12(4-6-13)21(28)20-19-18(15-2-1-9-25-27(15)20)22(29)26(23(19)30)14-7-8-16-17(10-14)32-11-31-16/h1-10,15,18-20H,11H2. The zero-order valence-electron chi connectivity index (χ0n) is 16.6. The minimum Gasteiger partial charge on any atom is -0.454 e. The maximum atomic E-state index is 13.6. The lowest BCUT2D eigenvalue weighted by Gasteiger charge is -2.30. The molecule has 0 saturated carbocycles. The average molecular weight is 433 g/mol. The van der Waals surface area contributed by atoms with Crippen molar-refractivity contribution < 1.29 is 28.2 Å². The molecule has 0 N–H and O–H groups in total. The van der Waals surface area contributed by atoms with Crippen LogP contribution in [0.5, 0.6) is 11.5 Å². The number of carbonyl (C=O) groups is 3. The van der Waals surface area contributed by atoms with Gasteiger partial charge in [-0.3, -0.25) is 19.4 Å². The first-order chi connectivity index (χ1) is 15.5. The van der Waals surface area contributed by atoms with Crippen LogP contribution >= 0.6 is 0 Å². The molecule has 4 aliphatic rings. The molecule has 6 rings (SSSR count). The highest BCUT2D eigenvalue weighted by atomic mass is 19.1. The predicted molar refractivity (Wildman–Crippen MR) is 110 cm³/mol. The van der Waals surface area contributed by atoms with Gasteiger partial charge in [-0.05, 0) is 42.5 Å². The van der Waals surface area contributed by atoms with Crippen molar-refractivity contribution in [2.75, 3.05) is 11.7 Å². The van der Waals surface area contributed by atoms with Gasteiger partial charge in [0.25, 0.3) is 0 Å². The lowest BCUT2D eigenvalue weighted by atomic mass is 9.86. The van der Waals surface area contributed by atoms with E-state index in [-0.39, 0.29) is 18.1 Å². The molecule has 4 atom stereocenters. The van der Waals surface area contributed by atoms with Crippen molar-refractivity contribution in [3.63, 3.8) is 0 Å². The molecule has 2 saturated heterocycles. The van der Waals surface area contributed by atoms with Crippen molar-refractivity contribution in [2.24, 2.45) is 16.9 Å². The molecule has 4 aliphatic heterocycles. The van der Waals surface area contributed by atoms with Gasteiger partial charge in [-0.25, -0.2) is 9.29 Å². The summed E-state index contributed by atoms with van der Waals surface area (Å²) in [5.74, 6) is -2.43. The number of hydrazone groups is 1. The Morgan fingerprint density at radius 1 is 1.00 bits per heavy atom. The molecule has 0 spiro atoms. The Kier molecular flexibility index (Phi) is 3.95. The lowest BCUT2D eigenvalue weighted by Crippen LogP contribution is -2.46. The monoisotopic (exact) mass is 433 g/mol. The van der Waals surface area contributed by atoms with Crippen LogP contribution in [-0.4, -0.2) is 47.7 Å². The number of nitrogens with zero attached hydrogens (tertiary/aromatic N) is 3. The highest BCUT2D eigenvalue weighted by Gasteiger charge is 2.64. The van der Waals surface area contributed by atoms with Crippen LogP contribution in [0.4, 0.5) is 10.1 Å². The van der Waals surface area contributed by atoms with Gasteiger partial charge >= 0.3 is 0 Å². The van der Waals surface area contributed by atoms with E-state index < -0.39 is 41.6 Å². The number of hydrogen-bond acceptors (Lipinski definition) is 7. The number of ketones is 1. The molecule has 4 unspecified atom stereocenters. The molecule has 2 amide bonds. The van der Waals surface area contributed by atoms with Gasteiger partial charge in [0.2, 0.25) is 18.6 Å².